The number of hydrogen-bond acceptors (Lipinski definition) is 3. The number of rotatable bonds is 1. The smallest absolute Gasteiger partial charge is 0.316 e. The number of alkyl halides is 3. The zero-order valence-corrected chi connectivity index (χ0v) is 10.9. The maximum Gasteiger partial charge on any atom is 0.316 e. The van der Waals surface area contributed by atoms with Gasteiger partial charge in [0.2, 0.25) is 10.0 Å². The molecule has 4 nitrogen and oxygen atoms in total. The van der Waals surface area contributed by atoms with Gasteiger partial charge in [-0.25, -0.2) is 4.39 Å². The van der Waals surface area contributed by atoms with Crippen molar-refractivity contribution in [2.75, 3.05) is 4.90 Å². The molecule has 8 heteroatoms. The van der Waals surface area contributed by atoms with E-state index in [1.165, 1.54) is 18.2 Å². The number of halogens is 4. The third kappa shape index (κ3) is 2.39. The first-order valence-electron chi connectivity index (χ1n) is 4.72. The molecule has 2 rings (SSSR count). The lowest BCUT2D eigenvalue weighted by Crippen LogP contribution is -2.42. The Labute approximate surface area is 117 Å². The Hall–Kier alpha value is -1.04. The normalized spacial score (nSPS) is 20.2. The Morgan fingerprint density at radius 3 is 2.61 bits per heavy atom. The second-order valence-electron chi connectivity index (χ2n) is 3.50. The van der Waals surface area contributed by atoms with E-state index in [2.05, 4.69) is 0 Å². The molecule has 1 aromatic rings. The Kier molecular flexibility index (Phi) is 3.40. The van der Waals surface area contributed by atoms with E-state index in [9.17, 15) is 9.18 Å². The van der Waals surface area contributed by atoms with Crippen LogP contribution in [0.1, 0.15) is 0 Å². The Morgan fingerprint density at radius 1 is 1.39 bits per heavy atom. The van der Waals surface area contributed by atoms with Gasteiger partial charge in [-0.15, -0.1) is 0 Å². The zero-order valence-electron chi connectivity index (χ0n) is 8.66. The van der Waals surface area contributed by atoms with Crippen LogP contribution in [0.25, 0.3) is 0 Å². The first-order chi connectivity index (χ1) is 8.30. The molecule has 0 aliphatic carbocycles. The number of carbonyl (C=O) groups is 1. The molecule has 1 aliphatic rings. The molecule has 1 atom stereocenters. The van der Waals surface area contributed by atoms with E-state index in [1.807, 2.05) is 0 Å². The van der Waals surface area contributed by atoms with Gasteiger partial charge in [-0.2, -0.15) is 0 Å². The Bertz CT molecular complexity index is 518. The fraction of sp³-hybridized carbons (Fsp3) is 0.200. The van der Waals surface area contributed by atoms with Gasteiger partial charge in [-0.3, -0.25) is 15.1 Å². The summed E-state index contributed by atoms with van der Waals surface area (Å²) in [4.78, 5) is 12.7. The quantitative estimate of drug-likeness (QED) is 0.811. The van der Waals surface area contributed by atoms with Gasteiger partial charge in [0.05, 0.1) is 5.69 Å². The van der Waals surface area contributed by atoms with Gasteiger partial charge in [0.25, 0.3) is 5.90 Å². The topological polar surface area (TPSA) is 53.4 Å². The molecule has 0 saturated carbocycles. The molecular formula is C10H6Cl3FN2O2. The largest absolute Gasteiger partial charge is 0.445 e. The van der Waals surface area contributed by atoms with E-state index in [4.69, 9.17) is 44.9 Å². The van der Waals surface area contributed by atoms with E-state index in [0.717, 1.165) is 11.0 Å². The molecule has 1 fully saturated rings. The van der Waals surface area contributed by atoms with Gasteiger partial charge in [0, 0.05) is 0 Å². The molecule has 0 radical (unpaired) electrons. The molecule has 96 valence electrons. The van der Waals surface area contributed by atoms with Crippen molar-refractivity contribution in [1.82, 2.24) is 0 Å². The van der Waals surface area contributed by atoms with Gasteiger partial charge < -0.3 is 4.74 Å². The highest BCUT2D eigenvalue weighted by molar-refractivity contribution is 6.68. The summed E-state index contributed by atoms with van der Waals surface area (Å²) in [5, 5.41) is 7.32. The van der Waals surface area contributed by atoms with Crippen LogP contribution in [-0.2, 0) is 9.53 Å². The first-order valence-corrected chi connectivity index (χ1v) is 5.85. The summed E-state index contributed by atoms with van der Waals surface area (Å²) in [6, 6.07) is 5.14. The van der Waals surface area contributed by atoms with E-state index in [1.54, 1.807) is 0 Å². The molecule has 1 heterocycles. The molecule has 0 unspecified atom stereocenters. The number of benzene rings is 1. The third-order valence-electron chi connectivity index (χ3n) is 2.24. The standard InChI is InChI=1S/C10H6Cl3FN2O2/c11-10(12,13)9-16(8(17)7(15)18-9)6-3-1-2-5(14)4-6/h1-4,9,15H/t9-/m1/s1. The van der Waals surface area contributed by atoms with Crippen molar-refractivity contribution in [1.29, 1.82) is 5.41 Å². The molecule has 18 heavy (non-hydrogen) atoms. The van der Waals surface area contributed by atoms with Gasteiger partial charge in [-0.05, 0) is 18.2 Å². The maximum atomic E-state index is 13.1. The van der Waals surface area contributed by atoms with Crippen LogP contribution in [0, 0.1) is 11.2 Å². The lowest BCUT2D eigenvalue weighted by atomic mass is 10.2. The molecule has 0 aromatic heterocycles. The van der Waals surface area contributed by atoms with Gasteiger partial charge in [-0.1, -0.05) is 40.9 Å². The summed E-state index contributed by atoms with van der Waals surface area (Å²) < 4.78 is 16.1. The molecule has 1 N–H and O–H groups in total. The Morgan fingerprint density at radius 2 is 2.06 bits per heavy atom. The molecule has 1 saturated heterocycles. The molecule has 0 spiro atoms. The lowest BCUT2D eigenvalue weighted by Gasteiger charge is -2.27. The van der Waals surface area contributed by atoms with Crippen LogP contribution < -0.4 is 4.90 Å². The van der Waals surface area contributed by atoms with E-state index in [0.29, 0.717) is 0 Å². The van der Waals surface area contributed by atoms with Crippen molar-refractivity contribution in [3.63, 3.8) is 0 Å². The summed E-state index contributed by atoms with van der Waals surface area (Å²) >= 11 is 17.0. The van der Waals surface area contributed by atoms with Crippen molar-refractivity contribution in [2.24, 2.45) is 0 Å². The van der Waals surface area contributed by atoms with E-state index in [-0.39, 0.29) is 5.69 Å². The highest BCUT2D eigenvalue weighted by Crippen LogP contribution is 2.39. The number of nitrogens with zero attached hydrogens (tertiary/aromatic N) is 1. The van der Waals surface area contributed by atoms with Crippen LogP contribution in [0.3, 0.4) is 0 Å². The molecule has 1 aliphatic heterocycles. The second kappa shape index (κ2) is 4.57. The van der Waals surface area contributed by atoms with Crippen LogP contribution in [0.2, 0.25) is 0 Å². The van der Waals surface area contributed by atoms with Crippen LogP contribution in [-0.4, -0.2) is 21.8 Å². The van der Waals surface area contributed by atoms with Crippen molar-refractivity contribution >= 4 is 52.3 Å². The van der Waals surface area contributed by atoms with Crippen LogP contribution in [0.5, 0.6) is 0 Å². The summed E-state index contributed by atoms with van der Waals surface area (Å²) in [7, 11) is 0. The number of anilines is 1. The van der Waals surface area contributed by atoms with E-state index < -0.39 is 27.6 Å². The zero-order chi connectivity index (χ0) is 13.5. The fourth-order valence-corrected chi connectivity index (χ4v) is 1.95. The minimum atomic E-state index is -1.95. The highest BCUT2D eigenvalue weighted by atomic mass is 35.6. The first kappa shape index (κ1) is 13.4. The van der Waals surface area contributed by atoms with Crippen LogP contribution in [0.4, 0.5) is 10.1 Å². The molecular weight excluding hydrogens is 305 g/mol. The second-order valence-corrected chi connectivity index (χ2v) is 5.86. The van der Waals surface area contributed by atoms with Gasteiger partial charge in [0.1, 0.15) is 5.82 Å². The molecule has 1 amide bonds. The lowest BCUT2D eigenvalue weighted by molar-refractivity contribution is -0.112. The predicted octanol–water partition coefficient (Wildman–Crippen LogP) is 2.86. The summed E-state index contributed by atoms with van der Waals surface area (Å²) in [6.45, 7) is 0. The van der Waals surface area contributed by atoms with E-state index >= 15 is 0 Å². The minimum absolute atomic E-state index is 0.151. The number of hydrogen-bond donors (Lipinski definition) is 1. The SMILES string of the molecule is N=C1O[C@H](C(Cl)(Cl)Cl)N(c2cccc(F)c2)C1=O. The Balaban J connectivity index is 2.45. The molecule has 0 bridgehead atoms. The van der Waals surface area contributed by atoms with Crippen molar-refractivity contribution in [3.8, 4) is 0 Å². The van der Waals surface area contributed by atoms with Crippen LogP contribution in [0.15, 0.2) is 24.3 Å². The van der Waals surface area contributed by atoms with Crippen molar-refractivity contribution in [2.45, 2.75) is 10.0 Å². The molecule has 1 aromatic carbocycles. The van der Waals surface area contributed by atoms with Gasteiger partial charge in [0.15, 0.2) is 0 Å². The maximum absolute atomic E-state index is 13.1. The average molecular weight is 312 g/mol. The number of amides is 1. The number of carbonyl (C=O) groups excluding carboxylic acids is 1. The number of nitrogens with one attached hydrogen (secondary N) is 1. The minimum Gasteiger partial charge on any atom is -0.445 e. The predicted molar refractivity (Wildman–Crippen MR) is 66.8 cm³/mol. The fourth-order valence-electron chi connectivity index (χ4n) is 1.52. The van der Waals surface area contributed by atoms with Crippen molar-refractivity contribution in [3.05, 3.63) is 30.1 Å². The summed E-state index contributed by atoms with van der Waals surface area (Å²) in [5.41, 5.74) is 0.151. The number of ether oxygens (including phenoxy) is 1. The summed E-state index contributed by atoms with van der Waals surface area (Å²) in [5.74, 6) is -2.01. The average Bonchev–Trinajstić information content (AvgIpc) is 2.55. The summed E-state index contributed by atoms with van der Waals surface area (Å²) in [6.07, 6.45) is -1.30. The van der Waals surface area contributed by atoms with Crippen molar-refractivity contribution < 1.29 is 13.9 Å². The third-order valence-corrected chi connectivity index (χ3v) is 2.80. The highest BCUT2D eigenvalue weighted by Gasteiger charge is 2.49. The van der Waals surface area contributed by atoms with Gasteiger partial charge >= 0.3 is 5.91 Å². The monoisotopic (exact) mass is 310 g/mol. The van der Waals surface area contributed by atoms with Crippen LogP contribution >= 0.6 is 34.8 Å².